The highest BCUT2D eigenvalue weighted by Gasteiger charge is 2.53. The molecule has 7 nitrogen and oxygen atoms in total. The minimum atomic E-state index is -0.655. The van der Waals surface area contributed by atoms with E-state index >= 15 is 0 Å². The van der Waals surface area contributed by atoms with Crippen molar-refractivity contribution in [3.8, 4) is 23.6 Å². The lowest BCUT2D eigenvalue weighted by molar-refractivity contribution is -0.158. The third-order valence-corrected chi connectivity index (χ3v) is 5.83. The van der Waals surface area contributed by atoms with Crippen LogP contribution in [0.3, 0.4) is 0 Å². The van der Waals surface area contributed by atoms with E-state index in [4.69, 9.17) is 21.0 Å². The van der Waals surface area contributed by atoms with Gasteiger partial charge in [-0.25, -0.2) is 4.98 Å². The van der Waals surface area contributed by atoms with Gasteiger partial charge in [-0.3, -0.25) is 0 Å². The Balaban J connectivity index is 1.47. The minimum Gasteiger partial charge on any atom is -0.396 e. The number of anilines is 1. The molecule has 30 heavy (non-hydrogen) atoms. The molecule has 0 spiro atoms. The molecule has 2 aromatic heterocycles. The molecule has 4 atom stereocenters. The second kappa shape index (κ2) is 7.10. The first-order valence-corrected chi connectivity index (χ1v) is 10.1. The van der Waals surface area contributed by atoms with Crippen molar-refractivity contribution in [1.29, 1.82) is 0 Å². The Morgan fingerprint density at radius 2 is 2.10 bits per heavy atom. The summed E-state index contributed by atoms with van der Waals surface area (Å²) < 4.78 is 14.0. The van der Waals surface area contributed by atoms with Crippen molar-refractivity contribution in [2.45, 2.75) is 44.3 Å². The van der Waals surface area contributed by atoms with E-state index in [9.17, 15) is 5.11 Å². The van der Waals surface area contributed by atoms with Crippen molar-refractivity contribution in [3.05, 3.63) is 48.2 Å². The maximum absolute atomic E-state index is 9.81. The number of aliphatic hydroxyl groups excluding tert-OH is 1. The van der Waals surface area contributed by atoms with E-state index in [1.165, 1.54) is 0 Å². The van der Waals surface area contributed by atoms with Gasteiger partial charge in [0.25, 0.3) is 0 Å². The molecule has 2 aliphatic rings. The number of hydrogen-bond acceptors (Lipinski definition) is 6. The molecule has 154 valence electrons. The summed E-state index contributed by atoms with van der Waals surface area (Å²) >= 11 is 0. The molecule has 1 saturated carbocycles. The molecule has 3 aromatic rings. The lowest BCUT2D eigenvalue weighted by Crippen LogP contribution is -2.35. The topological polar surface area (TPSA) is 80.9 Å². The molecular formula is C23H24N4O3. The first-order chi connectivity index (χ1) is 14.5. The second-order valence-corrected chi connectivity index (χ2v) is 8.35. The number of nitrogens with one attached hydrogen (secondary N) is 1. The van der Waals surface area contributed by atoms with Gasteiger partial charge in [0.1, 0.15) is 11.9 Å². The maximum atomic E-state index is 9.81. The fourth-order valence-corrected chi connectivity index (χ4v) is 4.51. The SMILES string of the molecule is C#Cc1cccc(-c2cc3nccc(N[C@@H]4C[C@H](CO)[C@H]5OC(C)(C)O[C@H]54)n3n2)c1. The lowest BCUT2D eigenvalue weighted by Gasteiger charge is -2.24. The molecule has 0 bridgehead atoms. The smallest absolute Gasteiger partial charge is 0.163 e. The van der Waals surface area contributed by atoms with Gasteiger partial charge >= 0.3 is 0 Å². The van der Waals surface area contributed by atoms with Crippen LogP contribution in [0.5, 0.6) is 0 Å². The number of benzene rings is 1. The molecule has 1 saturated heterocycles. The number of terminal acetylenes is 1. The van der Waals surface area contributed by atoms with E-state index in [0.29, 0.717) is 0 Å². The summed E-state index contributed by atoms with van der Waals surface area (Å²) in [6, 6.07) is 11.6. The molecule has 2 N–H and O–H groups in total. The Labute approximate surface area is 175 Å². The highest BCUT2D eigenvalue weighted by atomic mass is 16.8. The zero-order valence-electron chi connectivity index (χ0n) is 16.9. The molecule has 0 radical (unpaired) electrons. The van der Waals surface area contributed by atoms with Gasteiger partial charge in [-0.1, -0.05) is 18.1 Å². The highest BCUT2D eigenvalue weighted by Crippen LogP contribution is 2.42. The van der Waals surface area contributed by atoms with Gasteiger partial charge in [0.05, 0.1) is 17.8 Å². The Morgan fingerprint density at radius 3 is 2.90 bits per heavy atom. The van der Waals surface area contributed by atoms with Gasteiger partial charge in [0.15, 0.2) is 11.4 Å². The summed E-state index contributed by atoms with van der Waals surface area (Å²) in [5, 5.41) is 18.1. The van der Waals surface area contributed by atoms with Crippen LogP contribution in [-0.2, 0) is 9.47 Å². The number of nitrogens with zero attached hydrogens (tertiary/aromatic N) is 3. The quantitative estimate of drug-likeness (QED) is 0.651. The summed E-state index contributed by atoms with van der Waals surface area (Å²) in [5.41, 5.74) is 3.28. The van der Waals surface area contributed by atoms with E-state index in [0.717, 1.165) is 34.7 Å². The third kappa shape index (κ3) is 3.23. The van der Waals surface area contributed by atoms with Crippen LogP contribution < -0.4 is 5.32 Å². The molecule has 2 fully saturated rings. The Kier molecular flexibility index (Phi) is 4.51. The number of ether oxygens (including phenoxy) is 2. The second-order valence-electron chi connectivity index (χ2n) is 8.35. The third-order valence-electron chi connectivity index (χ3n) is 5.83. The number of aliphatic hydroxyl groups is 1. The Morgan fingerprint density at radius 1 is 1.27 bits per heavy atom. The van der Waals surface area contributed by atoms with Crippen molar-refractivity contribution < 1.29 is 14.6 Å². The average molecular weight is 404 g/mol. The van der Waals surface area contributed by atoms with Crippen molar-refractivity contribution in [1.82, 2.24) is 14.6 Å². The zero-order chi connectivity index (χ0) is 20.9. The van der Waals surface area contributed by atoms with Crippen LogP contribution in [0.1, 0.15) is 25.8 Å². The van der Waals surface area contributed by atoms with Gasteiger partial charge in [-0.2, -0.15) is 9.61 Å². The van der Waals surface area contributed by atoms with Crippen molar-refractivity contribution in [2.24, 2.45) is 5.92 Å². The molecule has 1 aliphatic carbocycles. The molecule has 1 aromatic carbocycles. The molecule has 7 heteroatoms. The van der Waals surface area contributed by atoms with E-state index in [2.05, 4.69) is 16.2 Å². The first kappa shape index (κ1) is 19.1. The van der Waals surface area contributed by atoms with E-state index in [-0.39, 0.29) is 30.8 Å². The summed E-state index contributed by atoms with van der Waals surface area (Å²) in [7, 11) is 0. The normalized spacial score (nSPS) is 27.1. The van der Waals surface area contributed by atoms with Crippen molar-refractivity contribution in [3.63, 3.8) is 0 Å². The lowest BCUT2D eigenvalue weighted by atomic mass is 10.1. The van der Waals surface area contributed by atoms with Gasteiger partial charge in [0.2, 0.25) is 0 Å². The van der Waals surface area contributed by atoms with Gasteiger partial charge in [-0.15, -0.1) is 6.42 Å². The van der Waals surface area contributed by atoms with Crippen LogP contribution in [0, 0.1) is 18.3 Å². The van der Waals surface area contributed by atoms with Gasteiger partial charge in [0, 0.05) is 35.9 Å². The van der Waals surface area contributed by atoms with Crippen LogP contribution in [0.4, 0.5) is 5.82 Å². The number of aromatic nitrogens is 3. The standard InChI is InChI=1S/C23H24N4O3/c1-4-14-6-5-7-15(10-14)17-12-20-24-9-8-19(27(20)26-17)25-18-11-16(13-28)21-22(18)30-23(2,3)29-21/h1,5-10,12,16,18,21-22,25,28H,11,13H2,2-3H3/t16-,18-,21-,22+/m1/s1. The molecule has 3 heterocycles. The zero-order valence-corrected chi connectivity index (χ0v) is 16.9. The van der Waals surface area contributed by atoms with Crippen LogP contribution in [0.25, 0.3) is 16.9 Å². The summed E-state index contributed by atoms with van der Waals surface area (Å²) in [6.45, 7) is 3.89. The van der Waals surface area contributed by atoms with Crippen LogP contribution in [0.15, 0.2) is 42.6 Å². The predicted octanol–water partition coefficient (Wildman–Crippen LogP) is 2.69. The van der Waals surface area contributed by atoms with Gasteiger partial charge in [-0.05, 0) is 38.5 Å². The Hall–Kier alpha value is -2.92. The first-order valence-electron chi connectivity index (χ1n) is 10.1. The number of hydrogen-bond donors (Lipinski definition) is 2. The molecule has 5 rings (SSSR count). The molecule has 0 amide bonds. The van der Waals surface area contributed by atoms with E-state index in [1.54, 1.807) is 10.7 Å². The van der Waals surface area contributed by atoms with E-state index < -0.39 is 5.79 Å². The van der Waals surface area contributed by atoms with Gasteiger partial charge < -0.3 is 19.9 Å². The monoisotopic (exact) mass is 404 g/mol. The largest absolute Gasteiger partial charge is 0.396 e. The molecule has 0 unspecified atom stereocenters. The average Bonchev–Trinajstić information content (AvgIpc) is 3.40. The highest BCUT2D eigenvalue weighted by molar-refractivity contribution is 5.67. The van der Waals surface area contributed by atoms with Crippen molar-refractivity contribution in [2.75, 3.05) is 11.9 Å². The molecule has 1 aliphatic heterocycles. The summed E-state index contributed by atoms with van der Waals surface area (Å²) in [6.07, 6.45) is 7.78. The maximum Gasteiger partial charge on any atom is 0.163 e. The fraction of sp³-hybridized carbons (Fsp3) is 0.391. The fourth-order valence-electron chi connectivity index (χ4n) is 4.51. The van der Waals surface area contributed by atoms with Crippen LogP contribution >= 0.6 is 0 Å². The Bertz CT molecular complexity index is 1130. The number of rotatable bonds is 4. The van der Waals surface area contributed by atoms with Crippen LogP contribution in [0.2, 0.25) is 0 Å². The summed E-state index contributed by atoms with van der Waals surface area (Å²) in [4.78, 5) is 4.45. The molecular weight excluding hydrogens is 380 g/mol. The van der Waals surface area contributed by atoms with Crippen molar-refractivity contribution >= 4 is 11.5 Å². The number of fused-ring (bicyclic) bond motifs is 2. The van der Waals surface area contributed by atoms with E-state index in [1.807, 2.05) is 50.2 Å². The minimum absolute atomic E-state index is 0.00283. The predicted molar refractivity (Wildman–Crippen MR) is 113 cm³/mol. The summed E-state index contributed by atoms with van der Waals surface area (Å²) in [5.74, 6) is 2.85. The van der Waals surface area contributed by atoms with Crippen LogP contribution in [-0.4, -0.2) is 50.3 Å².